The quantitative estimate of drug-likeness (QED) is 0.483. The summed E-state index contributed by atoms with van der Waals surface area (Å²) in [6.07, 6.45) is 4.06. The summed E-state index contributed by atoms with van der Waals surface area (Å²) in [5, 5.41) is 4.16. The van der Waals surface area contributed by atoms with E-state index in [-0.39, 0.29) is 24.0 Å². The molecule has 7 heteroatoms. The molecular formula is C11H21IN6. The SMILES string of the molecule is CC1CCN(C(N)=NCc2ncn(C)n2)CC1.I. The summed E-state index contributed by atoms with van der Waals surface area (Å²) in [5.74, 6) is 2.13. The van der Waals surface area contributed by atoms with Gasteiger partial charge in [0.15, 0.2) is 11.8 Å². The maximum absolute atomic E-state index is 5.96. The van der Waals surface area contributed by atoms with Crippen LogP contribution in [-0.2, 0) is 13.6 Å². The van der Waals surface area contributed by atoms with Crippen molar-refractivity contribution in [2.24, 2.45) is 23.7 Å². The minimum atomic E-state index is 0. The molecule has 6 nitrogen and oxygen atoms in total. The molecular weight excluding hydrogens is 343 g/mol. The molecule has 0 saturated carbocycles. The Bertz CT molecular complexity index is 394. The summed E-state index contributed by atoms with van der Waals surface area (Å²) in [6.45, 7) is 4.75. The van der Waals surface area contributed by atoms with E-state index in [2.05, 4.69) is 26.9 Å². The fourth-order valence-corrected chi connectivity index (χ4v) is 1.95. The van der Waals surface area contributed by atoms with Crippen molar-refractivity contribution in [1.82, 2.24) is 19.7 Å². The number of halogens is 1. The minimum absolute atomic E-state index is 0. The molecule has 1 aromatic heterocycles. The molecule has 102 valence electrons. The Morgan fingerprint density at radius 1 is 1.50 bits per heavy atom. The predicted molar refractivity (Wildman–Crippen MR) is 81.7 cm³/mol. The molecule has 1 fully saturated rings. The summed E-state index contributed by atoms with van der Waals surface area (Å²) in [5.41, 5.74) is 5.96. The van der Waals surface area contributed by atoms with E-state index in [0.29, 0.717) is 18.3 Å². The molecule has 0 aromatic carbocycles. The molecule has 18 heavy (non-hydrogen) atoms. The normalized spacial score (nSPS) is 17.7. The van der Waals surface area contributed by atoms with Gasteiger partial charge >= 0.3 is 0 Å². The second kappa shape index (κ2) is 6.91. The monoisotopic (exact) mass is 364 g/mol. The molecule has 1 aliphatic rings. The van der Waals surface area contributed by atoms with Gasteiger partial charge < -0.3 is 10.6 Å². The first kappa shape index (κ1) is 15.2. The van der Waals surface area contributed by atoms with Gasteiger partial charge in [0.25, 0.3) is 0 Å². The topological polar surface area (TPSA) is 72.3 Å². The minimum Gasteiger partial charge on any atom is -0.370 e. The molecule has 0 amide bonds. The van der Waals surface area contributed by atoms with Crippen LogP contribution in [0, 0.1) is 5.92 Å². The van der Waals surface area contributed by atoms with Crippen LogP contribution in [0.1, 0.15) is 25.6 Å². The van der Waals surface area contributed by atoms with Gasteiger partial charge in [-0.25, -0.2) is 9.98 Å². The van der Waals surface area contributed by atoms with E-state index in [9.17, 15) is 0 Å². The molecule has 2 N–H and O–H groups in total. The molecule has 0 radical (unpaired) electrons. The number of likely N-dealkylation sites (tertiary alicyclic amines) is 1. The van der Waals surface area contributed by atoms with Crippen molar-refractivity contribution >= 4 is 29.9 Å². The molecule has 0 aliphatic carbocycles. The first-order chi connectivity index (χ1) is 8.15. The van der Waals surface area contributed by atoms with Gasteiger partial charge in [0.1, 0.15) is 12.9 Å². The van der Waals surface area contributed by atoms with Gasteiger partial charge in [-0.1, -0.05) is 6.92 Å². The summed E-state index contributed by atoms with van der Waals surface area (Å²) in [6, 6.07) is 0. The van der Waals surface area contributed by atoms with Crippen molar-refractivity contribution < 1.29 is 0 Å². The van der Waals surface area contributed by atoms with Gasteiger partial charge in [-0.15, -0.1) is 24.0 Å². The standard InChI is InChI=1S/C11H20N6.HI/c1-9-3-5-17(6-4-9)11(12)13-7-10-14-8-16(2)15-10;/h8-9H,3-7H2,1-2H3,(H2,12,13);1H. The van der Waals surface area contributed by atoms with E-state index < -0.39 is 0 Å². The van der Waals surface area contributed by atoms with Crippen molar-refractivity contribution in [3.8, 4) is 0 Å². The van der Waals surface area contributed by atoms with Crippen molar-refractivity contribution in [3.63, 3.8) is 0 Å². The second-order valence-corrected chi connectivity index (χ2v) is 4.68. The van der Waals surface area contributed by atoms with Crippen LogP contribution in [0.2, 0.25) is 0 Å². The number of aromatic nitrogens is 3. The maximum Gasteiger partial charge on any atom is 0.191 e. The van der Waals surface area contributed by atoms with Gasteiger partial charge in [-0.2, -0.15) is 5.10 Å². The summed E-state index contributed by atoms with van der Waals surface area (Å²) >= 11 is 0. The van der Waals surface area contributed by atoms with E-state index in [1.807, 2.05) is 7.05 Å². The summed E-state index contributed by atoms with van der Waals surface area (Å²) < 4.78 is 1.67. The zero-order valence-corrected chi connectivity index (χ0v) is 13.2. The lowest BCUT2D eigenvalue weighted by Crippen LogP contribution is -2.42. The second-order valence-electron chi connectivity index (χ2n) is 4.68. The Morgan fingerprint density at radius 2 is 2.17 bits per heavy atom. The fraction of sp³-hybridized carbons (Fsp3) is 0.727. The third-order valence-corrected chi connectivity index (χ3v) is 3.14. The van der Waals surface area contributed by atoms with Gasteiger partial charge in [0.2, 0.25) is 0 Å². The van der Waals surface area contributed by atoms with Crippen LogP contribution in [0.3, 0.4) is 0 Å². The lowest BCUT2D eigenvalue weighted by molar-refractivity contribution is 0.277. The van der Waals surface area contributed by atoms with Crippen LogP contribution < -0.4 is 5.73 Å². The van der Waals surface area contributed by atoms with E-state index in [1.165, 1.54) is 12.8 Å². The van der Waals surface area contributed by atoms with E-state index in [4.69, 9.17) is 5.73 Å². The van der Waals surface area contributed by atoms with Crippen LogP contribution in [-0.4, -0.2) is 38.7 Å². The van der Waals surface area contributed by atoms with Gasteiger partial charge in [0, 0.05) is 20.1 Å². The number of nitrogens with zero attached hydrogens (tertiary/aromatic N) is 5. The zero-order chi connectivity index (χ0) is 12.3. The van der Waals surface area contributed by atoms with Crippen LogP contribution >= 0.6 is 24.0 Å². The molecule has 2 rings (SSSR count). The number of piperidine rings is 1. The first-order valence-corrected chi connectivity index (χ1v) is 6.04. The fourth-order valence-electron chi connectivity index (χ4n) is 1.95. The maximum atomic E-state index is 5.96. The Hall–Kier alpha value is -0.860. The third-order valence-electron chi connectivity index (χ3n) is 3.14. The number of hydrogen-bond acceptors (Lipinski definition) is 3. The Morgan fingerprint density at radius 3 is 2.72 bits per heavy atom. The highest BCUT2D eigenvalue weighted by molar-refractivity contribution is 14.0. The van der Waals surface area contributed by atoms with Crippen molar-refractivity contribution in [1.29, 1.82) is 0 Å². The van der Waals surface area contributed by atoms with E-state index >= 15 is 0 Å². The number of aliphatic imine (C=N–C) groups is 1. The molecule has 0 unspecified atom stereocenters. The molecule has 0 spiro atoms. The Balaban J connectivity index is 0.00000162. The van der Waals surface area contributed by atoms with E-state index in [0.717, 1.165) is 19.0 Å². The highest BCUT2D eigenvalue weighted by Gasteiger charge is 2.16. The van der Waals surface area contributed by atoms with Crippen LogP contribution in [0.15, 0.2) is 11.3 Å². The number of rotatable bonds is 2. The lowest BCUT2D eigenvalue weighted by atomic mass is 10.00. The highest BCUT2D eigenvalue weighted by atomic mass is 127. The predicted octanol–water partition coefficient (Wildman–Crippen LogP) is 0.980. The van der Waals surface area contributed by atoms with Gasteiger partial charge in [0.05, 0.1) is 0 Å². The average molecular weight is 364 g/mol. The first-order valence-electron chi connectivity index (χ1n) is 6.04. The molecule has 1 aliphatic heterocycles. The third kappa shape index (κ3) is 4.11. The number of aryl methyl sites for hydroxylation is 1. The highest BCUT2D eigenvalue weighted by Crippen LogP contribution is 2.15. The molecule has 0 bridgehead atoms. The Kier molecular flexibility index (Phi) is 5.83. The van der Waals surface area contributed by atoms with Gasteiger partial charge in [-0.05, 0) is 18.8 Å². The van der Waals surface area contributed by atoms with Crippen LogP contribution in [0.25, 0.3) is 0 Å². The summed E-state index contributed by atoms with van der Waals surface area (Å²) in [4.78, 5) is 10.6. The smallest absolute Gasteiger partial charge is 0.191 e. The lowest BCUT2D eigenvalue weighted by Gasteiger charge is -2.30. The molecule has 1 saturated heterocycles. The molecule has 0 atom stereocenters. The number of hydrogen-bond donors (Lipinski definition) is 1. The summed E-state index contributed by atoms with van der Waals surface area (Å²) in [7, 11) is 1.84. The molecule has 1 aromatic rings. The largest absolute Gasteiger partial charge is 0.370 e. The number of guanidine groups is 1. The molecule has 2 heterocycles. The number of nitrogens with two attached hydrogens (primary N) is 1. The van der Waals surface area contributed by atoms with Gasteiger partial charge in [-0.3, -0.25) is 4.68 Å². The van der Waals surface area contributed by atoms with Crippen LogP contribution in [0.5, 0.6) is 0 Å². The Labute approximate surface area is 125 Å². The van der Waals surface area contributed by atoms with Crippen molar-refractivity contribution in [3.05, 3.63) is 12.2 Å². The van der Waals surface area contributed by atoms with Crippen molar-refractivity contribution in [2.75, 3.05) is 13.1 Å². The zero-order valence-electron chi connectivity index (χ0n) is 10.9. The average Bonchev–Trinajstić information content (AvgIpc) is 2.73. The van der Waals surface area contributed by atoms with Crippen LogP contribution in [0.4, 0.5) is 0 Å². The van der Waals surface area contributed by atoms with E-state index in [1.54, 1.807) is 11.0 Å². The van der Waals surface area contributed by atoms with Crippen molar-refractivity contribution in [2.45, 2.75) is 26.3 Å².